The summed E-state index contributed by atoms with van der Waals surface area (Å²) in [6.07, 6.45) is 1.24. The molecule has 1 aromatic heterocycles. The number of hydrogen-bond donors (Lipinski definition) is 2. The van der Waals surface area contributed by atoms with E-state index in [4.69, 9.17) is 9.84 Å². The van der Waals surface area contributed by atoms with Crippen molar-refractivity contribution in [3.8, 4) is 5.75 Å². The molecule has 1 aliphatic rings. The van der Waals surface area contributed by atoms with Crippen LogP contribution >= 0.6 is 23.1 Å². The van der Waals surface area contributed by atoms with Crippen LogP contribution in [0.15, 0.2) is 58.8 Å². The molecule has 4 rings (SSSR count). The Bertz CT molecular complexity index is 1070. The number of rotatable bonds is 9. The zero-order valence-electron chi connectivity index (χ0n) is 18.3. The van der Waals surface area contributed by atoms with Crippen molar-refractivity contribution in [2.75, 3.05) is 5.32 Å². The number of amides is 1. The topological polar surface area (TPSA) is 88.5 Å². The van der Waals surface area contributed by atoms with E-state index in [2.05, 4.69) is 10.3 Å². The van der Waals surface area contributed by atoms with Crippen LogP contribution < -0.4 is 10.1 Å². The van der Waals surface area contributed by atoms with Crippen LogP contribution in [0.3, 0.4) is 0 Å². The molecular weight excluding hydrogens is 463 g/mol. The van der Waals surface area contributed by atoms with Gasteiger partial charge in [0.2, 0.25) is 6.10 Å². The molecule has 0 saturated heterocycles. The minimum Gasteiger partial charge on any atom is -0.481 e. The number of nitrogens with one attached hydrogen (secondary N) is 1. The van der Waals surface area contributed by atoms with Crippen LogP contribution in [-0.2, 0) is 16.0 Å². The lowest BCUT2D eigenvalue weighted by molar-refractivity contribution is -0.136. The molecule has 2 aromatic carbocycles. The molecule has 1 unspecified atom stereocenters. The molecule has 1 fully saturated rings. The van der Waals surface area contributed by atoms with Gasteiger partial charge in [-0.05, 0) is 49.2 Å². The van der Waals surface area contributed by atoms with E-state index in [1.807, 2.05) is 49.9 Å². The molecule has 9 heteroatoms. The number of carboxylic acids is 1. The molecule has 1 heterocycles. The van der Waals surface area contributed by atoms with E-state index in [0.29, 0.717) is 22.3 Å². The number of aliphatic carboxylic acids is 1. The van der Waals surface area contributed by atoms with E-state index >= 15 is 0 Å². The maximum Gasteiger partial charge on any atom is 0.309 e. The number of thioether (sulfide) groups is 1. The number of halogens is 1. The average molecular weight is 489 g/mol. The number of ether oxygens (including phenoxy) is 1. The molecule has 1 aliphatic carbocycles. The van der Waals surface area contributed by atoms with Crippen LogP contribution in [0, 0.1) is 5.82 Å². The fraction of sp³-hybridized carbons (Fsp3) is 0.292. The summed E-state index contributed by atoms with van der Waals surface area (Å²) >= 11 is 2.96. The van der Waals surface area contributed by atoms with E-state index in [-0.39, 0.29) is 11.6 Å². The van der Waals surface area contributed by atoms with Crippen LogP contribution in [0.4, 0.5) is 9.52 Å². The van der Waals surface area contributed by atoms with Crippen LogP contribution in [0.5, 0.6) is 5.75 Å². The summed E-state index contributed by atoms with van der Waals surface area (Å²) in [6.45, 7) is 4.00. The Morgan fingerprint density at radius 1 is 1.18 bits per heavy atom. The molecule has 2 N–H and O–H groups in total. The minimum atomic E-state index is -0.996. The fourth-order valence-corrected chi connectivity index (χ4v) is 4.56. The van der Waals surface area contributed by atoms with Crippen LogP contribution in [0.1, 0.15) is 44.1 Å². The number of aromatic nitrogens is 1. The van der Waals surface area contributed by atoms with Crippen LogP contribution in [-0.4, -0.2) is 27.2 Å². The molecule has 0 spiro atoms. The SMILES string of the molecule is CC.O=C(O)Cc1csc(NC(=O)C(Oc2ccc(F)cc2)c2ccc(SC3CC3)cc2)n1. The van der Waals surface area contributed by atoms with Gasteiger partial charge in [-0.2, -0.15) is 0 Å². The number of carboxylic acid groups (broad SMARTS) is 1. The number of hydrogen-bond acceptors (Lipinski definition) is 6. The molecule has 0 aliphatic heterocycles. The van der Waals surface area contributed by atoms with Gasteiger partial charge in [0, 0.05) is 21.1 Å². The largest absolute Gasteiger partial charge is 0.481 e. The second-order valence-corrected chi connectivity index (χ2v) is 9.27. The van der Waals surface area contributed by atoms with E-state index in [9.17, 15) is 14.0 Å². The Labute approximate surface area is 200 Å². The first kappa shape index (κ1) is 24.7. The highest BCUT2D eigenvalue weighted by Crippen LogP contribution is 2.39. The zero-order valence-corrected chi connectivity index (χ0v) is 19.9. The highest BCUT2D eigenvalue weighted by molar-refractivity contribution is 8.00. The first-order valence-electron chi connectivity index (χ1n) is 10.6. The van der Waals surface area contributed by atoms with E-state index < -0.39 is 23.8 Å². The Morgan fingerprint density at radius 2 is 1.85 bits per heavy atom. The number of carbonyl (C=O) groups excluding carboxylic acids is 1. The molecule has 1 atom stereocenters. The van der Waals surface area contributed by atoms with Gasteiger partial charge in [-0.3, -0.25) is 14.9 Å². The highest BCUT2D eigenvalue weighted by atomic mass is 32.2. The zero-order chi connectivity index (χ0) is 23.8. The summed E-state index contributed by atoms with van der Waals surface area (Å²) in [6, 6.07) is 13.0. The summed E-state index contributed by atoms with van der Waals surface area (Å²) in [5.41, 5.74) is 1.01. The highest BCUT2D eigenvalue weighted by Gasteiger charge is 2.26. The lowest BCUT2D eigenvalue weighted by Crippen LogP contribution is -2.25. The van der Waals surface area contributed by atoms with Gasteiger partial charge in [0.25, 0.3) is 5.91 Å². The smallest absolute Gasteiger partial charge is 0.309 e. The molecule has 33 heavy (non-hydrogen) atoms. The summed E-state index contributed by atoms with van der Waals surface area (Å²) in [5.74, 6) is -1.50. The third kappa shape index (κ3) is 7.57. The van der Waals surface area contributed by atoms with Crippen molar-refractivity contribution in [1.29, 1.82) is 0 Å². The van der Waals surface area contributed by atoms with Gasteiger partial charge in [-0.1, -0.05) is 26.0 Å². The molecule has 3 aromatic rings. The molecule has 1 saturated carbocycles. The summed E-state index contributed by atoms with van der Waals surface area (Å²) in [4.78, 5) is 29.1. The molecular formula is C24H25FN2O4S2. The standard InChI is InChI=1S/C22H19FN2O4S2.C2H6/c23-14-3-5-16(6-4-14)29-20(13-1-7-17(8-2-13)31-18-9-10-18)21(28)25-22-24-15(12-30-22)11-19(26)27;1-2/h1-8,12,18,20H,9-11H2,(H,26,27)(H,24,25,28);1-2H3. The molecule has 1 amide bonds. The van der Waals surface area contributed by atoms with Gasteiger partial charge in [-0.25, -0.2) is 9.37 Å². The predicted molar refractivity (Wildman–Crippen MR) is 129 cm³/mol. The monoisotopic (exact) mass is 488 g/mol. The third-order valence-corrected chi connectivity index (χ3v) is 6.59. The predicted octanol–water partition coefficient (Wildman–Crippen LogP) is 5.95. The van der Waals surface area contributed by atoms with Crippen molar-refractivity contribution in [3.05, 3.63) is 71.0 Å². The van der Waals surface area contributed by atoms with Crippen molar-refractivity contribution < 1.29 is 23.8 Å². The normalized spacial score (nSPS) is 13.4. The van der Waals surface area contributed by atoms with Crippen molar-refractivity contribution in [2.45, 2.75) is 49.4 Å². The Balaban J connectivity index is 0.00000149. The fourth-order valence-electron chi connectivity index (χ4n) is 2.79. The van der Waals surface area contributed by atoms with Gasteiger partial charge in [0.05, 0.1) is 12.1 Å². The Morgan fingerprint density at radius 3 is 2.45 bits per heavy atom. The molecule has 0 radical (unpaired) electrons. The summed E-state index contributed by atoms with van der Waals surface area (Å²) in [7, 11) is 0. The third-order valence-electron chi connectivity index (χ3n) is 4.43. The maximum absolute atomic E-state index is 13.3. The van der Waals surface area contributed by atoms with E-state index in [0.717, 1.165) is 16.2 Å². The van der Waals surface area contributed by atoms with Gasteiger partial charge in [-0.15, -0.1) is 23.1 Å². The Hall–Kier alpha value is -2.91. The van der Waals surface area contributed by atoms with Crippen molar-refractivity contribution in [2.24, 2.45) is 0 Å². The second kappa shape index (κ2) is 11.8. The second-order valence-electron chi connectivity index (χ2n) is 7.04. The van der Waals surface area contributed by atoms with E-state index in [1.165, 1.54) is 37.1 Å². The van der Waals surface area contributed by atoms with Crippen molar-refractivity contribution in [1.82, 2.24) is 4.98 Å². The average Bonchev–Trinajstić information content (AvgIpc) is 3.52. The van der Waals surface area contributed by atoms with Gasteiger partial charge in [0.15, 0.2) is 5.13 Å². The molecule has 174 valence electrons. The van der Waals surface area contributed by atoms with Crippen molar-refractivity contribution >= 4 is 40.1 Å². The quantitative estimate of drug-likeness (QED) is 0.387. The number of benzene rings is 2. The van der Waals surface area contributed by atoms with Crippen molar-refractivity contribution in [3.63, 3.8) is 0 Å². The number of thiazole rings is 1. The van der Waals surface area contributed by atoms with Gasteiger partial charge in [0.1, 0.15) is 11.6 Å². The molecule has 0 bridgehead atoms. The summed E-state index contributed by atoms with van der Waals surface area (Å²) < 4.78 is 19.1. The lowest BCUT2D eigenvalue weighted by atomic mass is 10.1. The van der Waals surface area contributed by atoms with Gasteiger partial charge >= 0.3 is 5.97 Å². The minimum absolute atomic E-state index is 0.220. The van der Waals surface area contributed by atoms with E-state index in [1.54, 1.807) is 5.38 Å². The number of anilines is 1. The summed E-state index contributed by atoms with van der Waals surface area (Å²) in [5, 5.41) is 14.1. The maximum atomic E-state index is 13.3. The first-order chi connectivity index (χ1) is 16.0. The number of nitrogens with zero attached hydrogens (tertiary/aromatic N) is 1. The van der Waals surface area contributed by atoms with Crippen LogP contribution in [0.2, 0.25) is 0 Å². The Kier molecular flexibility index (Phi) is 8.85. The lowest BCUT2D eigenvalue weighted by Gasteiger charge is -2.19. The van der Waals surface area contributed by atoms with Gasteiger partial charge < -0.3 is 9.84 Å². The molecule has 6 nitrogen and oxygen atoms in total. The van der Waals surface area contributed by atoms with Crippen LogP contribution in [0.25, 0.3) is 0 Å². The number of carbonyl (C=O) groups is 2. The first-order valence-corrected chi connectivity index (χ1v) is 12.4.